The molecule has 0 aliphatic heterocycles. The van der Waals surface area contributed by atoms with Crippen molar-refractivity contribution in [3.8, 4) is 0 Å². The van der Waals surface area contributed by atoms with Gasteiger partial charge in [0.25, 0.3) is 0 Å². The normalized spacial score (nSPS) is 11.5. The van der Waals surface area contributed by atoms with E-state index >= 15 is 0 Å². The first-order valence-electron chi connectivity index (χ1n) is 11.9. The minimum absolute atomic E-state index is 0.00380. The number of aromatic nitrogens is 1. The molecule has 0 unspecified atom stereocenters. The van der Waals surface area contributed by atoms with Crippen LogP contribution in [0.5, 0.6) is 0 Å². The van der Waals surface area contributed by atoms with Gasteiger partial charge < -0.3 is 4.90 Å². The molecule has 0 aliphatic carbocycles. The van der Waals surface area contributed by atoms with Crippen molar-refractivity contribution in [1.82, 2.24) is 9.88 Å². The molecule has 5 heteroatoms. The Bertz CT molecular complexity index is 1160. The van der Waals surface area contributed by atoms with Gasteiger partial charge >= 0.3 is 0 Å². The third-order valence-corrected chi connectivity index (χ3v) is 7.45. The number of fused-ring (bicyclic) bond motifs is 1. The Hall–Kier alpha value is -3.02. The number of thiazole rings is 1. The standard InChI is InChI=1S/C29H33N3OS/c1-21-16-17-22(2)28-27(21)30-29(34-28)32(19-11-18-31(3)4)26(33)20-25(23-12-7-5-8-13-23)24-14-9-6-10-15-24/h5-10,12-17,25H,11,18-20H2,1-4H3. The monoisotopic (exact) mass is 471 g/mol. The van der Waals surface area contributed by atoms with Crippen LogP contribution in [0.15, 0.2) is 72.8 Å². The Morgan fingerprint density at radius 1 is 0.853 bits per heavy atom. The third kappa shape index (κ3) is 5.54. The lowest BCUT2D eigenvalue weighted by Gasteiger charge is -2.24. The van der Waals surface area contributed by atoms with Crippen LogP contribution in [-0.2, 0) is 4.79 Å². The maximum absolute atomic E-state index is 13.9. The van der Waals surface area contributed by atoms with Crippen molar-refractivity contribution >= 4 is 32.6 Å². The number of hydrogen-bond donors (Lipinski definition) is 0. The molecule has 1 aromatic heterocycles. The smallest absolute Gasteiger partial charge is 0.229 e. The van der Waals surface area contributed by atoms with Gasteiger partial charge in [0.1, 0.15) is 0 Å². The summed E-state index contributed by atoms with van der Waals surface area (Å²) in [6.07, 6.45) is 1.30. The molecule has 4 aromatic rings. The van der Waals surface area contributed by atoms with Crippen molar-refractivity contribution in [2.75, 3.05) is 32.1 Å². The van der Waals surface area contributed by atoms with Crippen LogP contribution in [0.25, 0.3) is 10.2 Å². The van der Waals surface area contributed by atoms with E-state index in [1.165, 1.54) is 10.3 Å². The average molecular weight is 472 g/mol. The lowest BCUT2D eigenvalue weighted by molar-refractivity contribution is -0.118. The second-order valence-corrected chi connectivity index (χ2v) is 10.1. The Kier molecular flexibility index (Phi) is 7.76. The van der Waals surface area contributed by atoms with Gasteiger partial charge in [-0.15, -0.1) is 0 Å². The molecule has 0 spiro atoms. The number of hydrogen-bond acceptors (Lipinski definition) is 4. The minimum Gasteiger partial charge on any atom is -0.309 e. The number of amides is 1. The van der Waals surface area contributed by atoms with E-state index < -0.39 is 0 Å². The Morgan fingerprint density at radius 2 is 1.44 bits per heavy atom. The molecule has 0 atom stereocenters. The quantitative estimate of drug-likeness (QED) is 0.283. The predicted octanol–water partition coefficient (Wildman–Crippen LogP) is 6.42. The molecule has 4 rings (SSSR count). The van der Waals surface area contributed by atoms with Gasteiger partial charge in [-0.3, -0.25) is 9.69 Å². The van der Waals surface area contributed by atoms with Crippen LogP contribution in [-0.4, -0.2) is 43.0 Å². The number of carbonyl (C=O) groups excluding carboxylic acids is 1. The fourth-order valence-corrected chi connectivity index (χ4v) is 5.47. The van der Waals surface area contributed by atoms with Crippen LogP contribution in [0.2, 0.25) is 0 Å². The zero-order valence-electron chi connectivity index (χ0n) is 20.5. The van der Waals surface area contributed by atoms with E-state index in [2.05, 4.69) is 69.2 Å². The molecule has 0 fully saturated rings. The first-order chi connectivity index (χ1) is 16.4. The maximum atomic E-state index is 13.9. The molecular weight excluding hydrogens is 438 g/mol. The minimum atomic E-state index is 0.00380. The average Bonchev–Trinajstić information content (AvgIpc) is 3.30. The molecule has 34 heavy (non-hydrogen) atoms. The largest absolute Gasteiger partial charge is 0.309 e. The van der Waals surface area contributed by atoms with Gasteiger partial charge in [-0.2, -0.15) is 0 Å². The van der Waals surface area contributed by atoms with Gasteiger partial charge in [0, 0.05) is 18.9 Å². The second-order valence-electron chi connectivity index (χ2n) is 9.15. The topological polar surface area (TPSA) is 36.4 Å². The fourth-order valence-electron chi connectivity index (χ4n) is 4.32. The molecule has 3 aromatic carbocycles. The highest BCUT2D eigenvalue weighted by molar-refractivity contribution is 7.22. The van der Waals surface area contributed by atoms with Gasteiger partial charge in [-0.05, 0) is 63.2 Å². The molecule has 0 saturated carbocycles. The van der Waals surface area contributed by atoms with E-state index in [1.54, 1.807) is 11.3 Å². The summed E-state index contributed by atoms with van der Waals surface area (Å²) in [5, 5.41) is 0.802. The van der Waals surface area contributed by atoms with Crippen LogP contribution < -0.4 is 4.90 Å². The molecule has 0 N–H and O–H groups in total. The van der Waals surface area contributed by atoms with Crippen molar-refractivity contribution in [3.05, 3.63) is 95.1 Å². The summed E-state index contributed by atoms with van der Waals surface area (Å²) in [6, 6.07) is 24.9. The molecule has 1 amide bonds. The number of carbonyl (C=O) groups is 1. The summed E-state index contributed by atoms with van der Waals surface area (Å²) < 4.78 is 1.17. The highest BCUT2D eigenvalue weighted by atomic mass is 32.1. The first kappa shape index (κ1) is 24.1. The highest BCUT2D eigenvalue weighted by Crippen LogP contribution is 2.35. The van der Waals surface area contributed by atoms with Gasteiger partial charge in [0.2, 0.25) is 5.91 Å². The zero-order valence-corrected chi connectivity index (χ0v) is 21.3. The molecule has 1 heterocycles. The summed E-state index contributed by atoms with van der Waals surface area (Å²) in [6.45, 7) is 5.78. The summed E-state index contributed by atoms with van der Waals surface area (Å²) in [5.41, 5.74) is 5.68. The van der Waals surface area contributed by atoms with Crippen molar-refractivity contribution in [2.24, 2.45) is 0 Å². The van der Waals surface area contributed by atoms with Crippen molar-refractivity contribution in [3.63, 3.8) is 0 Å². The van der Waals surface area contributed by atoms with Gasteiger partial charge in [0.15, 0.2) is 5.13 Å². The zero-order chi connectivity index (χ0) is 24.1. The van der Waals surface area contributed by atoms with Gasteiger partial charge in [-0.25, -0.2) is 4.98 Å². The SMILES string of the molecule is Cc1ccc(C)c2sc(N(CCCN(C)C)C(=O)CC(c3ccccc3)c3ccccc3)nc12. The lowest BCUT2D eigenvalue weighted by atomic mass is 9.88. The second kappa shape index (κ2) is 10.9. The first-order valence-corrected chi connectivity index (χ1v) is 12.7. The Balaban J connectivity index is 1.68. The van der Waals surface area contributed by atoms with Crippen LogP contribution in [0.1, 0.15) is 41.0 Å². The van der Waals surface area contributed by atoms with E-state index in [4.69, 9.17) is 4.98 Å². The van der Waals surface area contributed by atoms with Crippen LogP contribution >= 0.6 is 11.3 Å². The number of nitrogens with zero attached hydrogens (tertiary/aromatic N) is 3. The van der Waals surface area contributed by atoms with Gasteiger partial charge in [0.05, 0.1) is 10.2 Å². The summed E-state index contributed by atoms with van der Waals surface area (Å²) in [5.74, 6) is 0.120. The van der Waals surface area contributed by atoms with Crippen LogP contribution in [0, 0.1) is 13.8 Å². The molecule has 176 valence electrons. The third-order valence-electron chi connectivity index (χ3n) is 6.23. The number of aryl methyl sites for hydroxylation is 2. The van der Waals surface area contributed by atoms with Crippen molar-refractivity contribution in [1.29, 1.82) is 0 Å². The molecular formula is C29H33N3OS. The maximum Gasteiger partial charge on any atom is 0.229 e. The van der Waals surface area contributed by atoms with E-state index in [0.717, 1.165) is 40.3 Å². The molecule has 0 radical (unpaired) electrons. The summed E-state index contributed by atoms with van der Waals surface area (Å²) in [4.78, 5) is 22.9. The van der Waals surface area contributed by atoms with E-state index in [-0.39, 0.29) is 11.8 Å². The molecule has 4 nitrogen and oxygen atoms in total. The summed E-state index contributed by atoms with van der Waals surface area (Å²) in [7, 11) is 4.13. The fraction of sp³-hybridized carbons (Fsp3) is 0.310. The molecule has 0 bridgehead atoms. The summed E-state index contributed by atoms with van der Waals surface area (Å²) >= 11 is 1.63. The van der Waals surface area contributed by atoms with E-state index in [0.29, 0.717) is 13.0 Å². The molecule has 0 saturated heterocycles. The number of benzene rings is 3. The molecule has 0 aliphatic rings. The number of rotatable bonds is 9. The Labute approximate surface area is 206 Å². The van der Waals surface area contributed by atoms with E-state index in [9.17, 15) is 4.79 Å². The van der Waals surface area contributed by atoms with Gasteiger partial charge in [-0.1, -0.05) is 84.1 Å². The lowest BCUT2D eigenvalue weighted by Crippen LogP contribution is -2.34. The van der Waals surface area contributed by atoms with Crippen LogP contribution in [0.3, 0.4) is 0 Å². The van der Waals surface area contributed by atoms with E-state index in [1.807, 2.05) is 41.3 Å². The highest BCUT2D eigenvalue weighted by Gasteiger charge is 2.25. The van der Waals surface area contributed by atoms with Crippen molar-refractivity contribution in [2.45, 2.75) is 32.6 Å². The Morgan fingerprint density at radius 3 is 2.00 bits per heavy atom. The number of anilines is 1. The van der Waals surface area contributed by atoms with Crippen molar-refractivity contribution < 1.29 is 4.79 Å². The predicted molar refractivity (Wildman–Crippen MR) is 144 cm³/mol. The van der Waals surface area contributed by atoms with Crippen LogP contribution in [0.4, 0.5) is 5.13 Å².